The van der Waals surface area contributed by atoms with Gasteiger partial charge in [0.05, 0.1) is 27.0 Å². The van der Waals surface area contributed by atoms with Gasteiger partial charge in [0, 0.05) is 5.39 Å². The molecule has 0 amide bonds. The minimum absolute atomic E-state index is 0.756. The summed E-state index contributed by atoms with van der Waals surface area (Å²) in [5.74, 6) is 0. The predicted molar refractivity (Wildman–Crippen MR) is 58.5 cm³/mol. The highest BCUT2D eigenvalue weighted by Gasteiger charge is 2.04. The van der Waals surface area contributed by atoms with E-state index in [0.29, 0.717) is 0 Å². The maximum atomic E-state index is 4.53. The van der Waals surface area contributed by atoms with Crippen molar-refractivity contribution in [1.82, 2.24) is 10.2 Å². The Kier molecular flexibility index (Phi) is 2.22. The molecule has 1 aromatic heterocycles. The van der Waals surface area contributed by atoms with Crippen LogP contribution >= 0.6 is 28.1 Å². The fraction of sp³-hybridized carbons (Fsp3) is 0. The van der Waals surface area contributed by atoms with Crippen LogP contribution in [0.25, 0.3) is 10.9 Å². The lowest BCUT2D eigenvalue weighted by atomic mass is 10.2. The number of H-pyrrole nitrogens is 1. The summed E-state index contributed by atoms with van der Waals surface area (Å²) in [6.07, 6.45) is 1.75. The molecule has 0 saturated carbocycles. The van der Waals surface area contributed by atoms with E-state index in [1.165, 1.54) is 0 Å². The quantitative estimate of drug-likeness (QED) is 0.627. The first-order chi connectivity index (χ1) is 6.33. The van der Waals surface area contributed by atoms with E-state index in [1.54, 1.807) is 6.20 Å². The highest BCUT2D eigenvalue weighted by Crippen LogP contribution is 2.31. The van der Waals surface area contributed by atoms with Crippen LogP contribution in [0.2, 0.25) is 0 Å². The van der Waals surface area contributed by atoms with Gasteiger partial charge in [0.2, 0.25) is 0 Å². The molecule has 2 rings (SSSR count). The molecule has 0 radical (unpaired) electrons. The van der Waals surface area contributed by atoms with E-state index < -0.39 is 0 Å². The molecule has 13 heavy (non-hydrogen) atoms. The first-order valence-corrected chi connectivity index (χ1v) is 4.72. The number of rotatable bonds is 1. The molecule has 0 aliphatic rings. The molecule has 2 aromatic rings. The van der Waals surface area contributed by atoms with Crippen molar-refractivity contribution >= 4 is 49.9 Å². The number of fused-ring (bicyclic) bond motifs is 1. The molecule has 0 aliphatic carbocycles. The Bertz CT molecular complexity index is 499. The van der Waals surface area contributed by atoms with E-state index in [2.05, 4.69) is 48.5 Å². The van der Waals surface area contributed by atoms with E-state index in [1.807, 2.05) is 12.1 Å². The second kappa shape index (κ2) is 3.38. The van der Waals surface area contributed by atoms with Crippen molar-refractivity contribution in [2.75, 3.05) is 0 Å². The van der Waals surface area contributed by atoms with Crippen LogP contribution in [0.3, 0.4) is 0 Å². The van der Waals surface area contributed by atoms with Crippen LogP contribution in [-0.4, -0.2) is 15.4 Å². The van der Waals surface area contributed by atoms with Crippen LogP contribution in [0.4, 0.5) is 5.69 Å². The molecule has 0 bridgehead atoms. The fourth-order valence-electron chi connectivity index (χ4n) is 1.10. The van der Waals surface area contributed by atoms with Crippen LogP contribution in [-0.2, 0) is 0 Å². The number of halogens is 1. The van der Waals surface area contributed by atoms with Crippen molar-refractivity contribution in [3.8, 4) is 0 Å². The van der Waals surface area contributed by atoms with Crippen LogP contribution in [0.5, 0.6) is 0 Å². The zero-order valence-corrected chi connectivity index (χ0v) is 8.82. The van der Waals surface area contributed by atoms with Crippen molar-refractivity contribution < 1.29 is 0 Å². The smallest absolute Gasteiger partial charge is 0.0903 e. The molecule has 0 spiro atoms. The van der Waals surface area contributed by atoms with Gasteiger partial charge in [0.25, 0.3) is 0 Å². The van der Waals surface area contributed by atoms with E-state index >= 15 is 0 Å². The zero-order chi connectivity index (χ0) is 9.26. The lowest BCUT2D eigenvalue weighted by Crippen LogP contribution is -1.73. The summed E-state index contributed by atoms with van der Waals surface area (Å²) in [5, 5.41) is 10.2. The average molecular weight is 254 g/mol. The molecule has 64 valence electrons. The van der Waals surface area contributed by atoms with Crippen LogP contribution in [0, 0.1) is 0 Å². The Labute approximate surface area is 88.0 Å². The van der Waals surface area contributed by atoms with Crippen molar-refractivity contribution in [2.45, 2.75) is 0 Å². The highest BCUT2D eigenvalue weighted by atomic mass is 79.9. The summed E-state index contributed by atoms with van der Waals surface area (Å²) in [7, 11) is 0. The standard InChI is InChI=1S/C8H4BrN3S/c9-7-6(10-4-13)2-1-5-3-11-12-8(5)7/h1-3H,(H,11,12). The number of isothiocyanates is 1. The maximum absolute atomic E-state index is 4.53. The van der Waals surface area contributed by atoms with Gasteiger partial charge in [-0.1, -0.05) is 0 Å². The molecule has 1 N–H and O–H groups in total. The third-order valence-electron chi connectivity index (χ3n) is 1.70. The van der Waals surface area contributed by atoms with Gasteiger partial charge in [-0.2, -0.15) is 10.1 Å². The molecule has 0 aliphatic heterocycles. The van der Waals surface area contributed by atoms with E-state index in [0.717, 1.165) is 21.1 Å². The van der Waals surface area contributed by atoms with Crippen LogP contribution < -0.4 is 0 Å². The number of aromatic amines is 1. The van der Waals surface area contributed by atoms with Gasteiger partial charge in [-0.25, -0.2) is 0 Å². The largest absolute Gasteiger partial charge is 0.277 e. The Balaban J connectivity index is 2.80. The molecule has 5 heteroatoms. The first kappa shape index (κ1) is 8.56. The molecular weight excluding hydrogens is 250 g/mol. The second-order valence-corrected chi connectivity index (χ2v) is 3.41. The van der Waals surface area contributed by atoms with Crippen molar-refractivity contribution in [2.24, 2.45) is 4.99 Å². The van der Waals surface area contributed by atoms with Crippen LogP contribution in [0.1, 0.15) is 0 Å². The Morgan fingerprint density at radius 1 is 1.54 bits per heavy atom. The Morgan fingerprint density at radius 2 is 2.38 bits per heavy atom. The number of hydrogen-bond donors (Lipinski definition) is 1. The number of hydrogen-bond acceptors (Lipinski definition) is 3. The highest BCUT2D eigenvalue weighted by molar-refractivity contribution is 9.10. The minimum atomic E-state index is 0.756. The predicted octanol–water partition coefficient (Wildman–Crippen LogP) is 3.06. The third-order valence-corrected chi connectivity index (χ3v) is 2.59. The maximum Gasteiger partial charge on any atom is 0.0903 e. The van der Waals surface area contributed by atoms with Crippen LogP contribution in [0.15, 0.2) is 27.8 Å². The molecule has 3 nitrogen and oxygen atoms in total. The lowest BCUT2D eigenvalue weighted by Gasteiger charge is -1.96. The topological polar surface area (TPSA) is 41.0 Å². The number of nitrogens with zero attached hydrogens (tertiary/aromatic N) is 2. The Hall–Kier alpha value is -1.03. The van der Waals surface area contributed by atoms with Gasteiger partial charge < -0.3 is 0 Å². The summed E-state index contributed by atoms with van der Waals surface area (Å²) in [4.78, 5) is 3.91. The number of aliphatic imine (C=N–C) groups is 1. The number of thiocarbonyl (C=S) groups is 1. The molecule has 0 unspecified atom stereocenters. The Morgan fingerprint density at radius 3 is 3.15 bits per heavy atom. The van der Waals surface area contributed by atoms with Crippen molar-refractivity contribution in [3.63, 3.8) is 0 Å². The number of aromatic nitrogens is 2. The van der Waals surface area contributed by atoms with Gasteiger partial charge in [-0.05, 0) is 40.3 Å². The summed E-state index contributed by atoms with van der Waals surface area (Å²) < 4.78 is 0.861. The molecule has 1 aromatic carbocycles. The molecule has 0 atom stereocenters. The summed E-state index contributed by atoms with van der Waals surface area (Å²) in [6.45, 7) is 0. The lowest BCUT2D eigenvalue weighted by molar-refractivity contribution is 1.12. The molecule has 0 fully saturated rings. The van der Waals surface area contributed by atoms with E-state index in [-0.39, 0.29) is 0 Å². The number of nitrogens with one attached hydrogen (secondary N) is 1. The van der Waals surface area contributed by atoms with E-state index in [9.17, 15) is 0 Å². The second-order valence-electron chi connectivity index (χ2n) is 2.44. The summed E-state index contributed by atoms with van der Waals surface area (Å²) >= 11 is 7.94. The monoisotopic (exact) mass is 253 g/mol. The van der Waals surface area contributed by atoms with Crippen molar-refractivity contribution in [1.29, 1.82) is 0 Å². The van der Waals surface area contributed by atoms with Crippen molar-refractivity contribution in [3.05, 3.63) is 22.8 Å². The minimum Gasteiger partial charge on any atom is -0.277 e. The SMILES string of the molecule is S=C=Nc1ccc2cn[nH]c2c1Br. The van der Waals surface area contributed by atoms with Gasteiger partial charge >= 0.3 is 0 Å². The molecule has 1 heterocycles. The number of benzene rings is 1. The summed E-state index contributed by atoms with van der Waals surface area (Å²) in [5.41, 5.74) is 1.68. The fourth-order valence-corrected chi connectivity index (χ4v) is 1.74. The van der Waals surface area contributed by atoms with E-state index in [4.69, 9.17) is 0 Å². The average Bonchev–Trinajstić information content (AvgIpc) is 2.58. The van der Waals surface area contributed by atoms with Gasteiger partial charge in [0.15, 0.2) is 0 Å². The zero-order valence-electron chi connectivity index (χ0n) is 6.41. The van der Waals surface area contributed by atoms with Gasteiger partial charge in [-0.3, -0.25) is 5.10 Å². The first-order valence-electron chi connectivity index (χ1n) is 3.52. The molecular formula is C8H4BrN3S. The van der Waals surface area contributed by atoms with Gasteiger partial charge in [0.1, 0.15) is 0 Å². The third kappa shape index (κ3) is 1.42. The normalized spacial score (nSPS) is 9.92. The van der Waals surface area contributed by atoms with Gasteiger partial charge in [-0.15, -0.1) is 0 Å². The summed E-state index contributed by atoms with van der Waals surface area (Å²) in [6, 6.07) is 3.79. The molecule has 0 saturated heterocycles.